The summed E-state index contributed by atoms with van der Waals surface area (Å²) in [7, 11) is 0. The zero-order valence-electron chi connectivity index (χ0n) is 14.9. The molecule has 2 aromatic carbocycles. The number of hydrogen-bond donors (Lipinski definition) is 0. The topological polar surface area (TPSA) is 45.9 Å². The molecule has 0 N–H and O–H groups in total. The summed E-state index contributed by atoms with van der Waals surface area (Å²) in [6.07, 6.45) is 0. The van der Waals surface area contributed by atoms with E-state index in [1.54, 1.807) is 0 Å². The largest absolute Gasteiger partial charge is 0.490 e. The van der Waals surface area contributed by atoms with E-state index < -0.39 is 0 Å². The maximum atomic E-state index is 12.9. The molecule has 5 nitrogen and oxygen atoms in total. The smallest absolute Gasteiger partial charge is 0.289 e. The number of carbonyl (C=O) groups excluding carboxylic acids is 1. The Morgan fingerprint density at radius 1 is 1.04 bits per heavy atom. The fourth-order valence-electron chi connectivity index (χ4n) is 3.37. The van der Waals surface area contributed by atoms with Crippen LogP contribution in [0.5, 0.6) is 5.75 Å². The molecule has 1 saturated heterocycles. The van der Waals surface area contributed by atoms with Crippen LogP contribution in [0.2, 0.25) is 0 Å². The molecule has 4 rings (SSSR count). The number of furan rings is 1. The third-order valence-electron chi connectivity index (χ3n) is 4.71. The predicted octanol–water partition coefficient (Wildman–Crippen LogP) is 3.79. The van der Waals surface area contributed by atoms with Gasteiger partial charge in [0.05, 0.1) is 6.61 Å². The Kier molecular flexibility index (Phi) is 4.52. The number of fused-ring (bicyclic) bond motifs is 1. The van der Waals surface area contributed by atoms with E-state index in [-0.39, 0.29) is 5.91 Å². The number of carbonyl (C=O) groups is 1. The molecule has 0 aliphatic carbocycles. The van der Waals surface area contributed by atoms with Crippen molar-refractivity contribution in [1.82, 2.24) is 4.90 Å². The molecule has 134 valence electrons. The van der Waals surface area contributed by atoms with E-state index in [2.05, 4.69) is 17.0 Å². The van der Waals surface area contributed by atoms with Gasteiger partial charge in [0.25, 0.3) is 5.91 Å². The molecule has 0 atom stereocenters. The lowest BCUT2D eigenvalue weighted by molar-refractivity contribution is 0.0717. The van der Waals surface area contributed by atoms with Crippen molar-refractivity contribution in [1.29, 1.82) is 0 Å². The van der Waals surface area contributed by atoms with Gasteiger partial charge in [-0.2, -0.15) is 0 Å². The zero-order valence-corrected chi connectivity index (χ0v) is 14.9. The molecule has 1 aliphatic heterocycles. The highest BCUT2D eigenvalue weighted by Crippen LogP contribution is 2.29. The van der Waals surface area contributed by atoms with Crippen molar-refractivity contribution >= 4 is 22.6 Å². The van der Waals surface area contributed by atoms with Crippen LogP contribution in [-0.4, -0.2) is 43.6 Å². The molecule has 2 heterocycles. The summed E-state index contributed by atoms with van der Waals surface area (Å²) in [6, 6.07) is 17.8. The first-order chi connectivity index (χ1) is 12.8. The molecule has 1 aromatic heterocycles. The normalized spacial score (nSPS) is 14.7. The Morgan fingerprint density at radius 2 is 1.81 bits per heavy atom. The summed E-state index contributed by atoms with van der Waals surface area (Å²) < 4.78 is 11.4. The summed E-state index contributed by atoms with van der Waals surface area (Å²) in [5.74, 6) is 0.995. The Morgan fingerprint density at radius 3 is 2.54 bits per heavy atom. The van der Waals surface area contributed by atoms with Gasteiger partial charge in [-0.3, -0.25) is 4.79 Å². The maximum absolute atomic E-state index is 12.9. The number of amides is 1. The first-order valence-corrected chi connectivity index (χ1v) is 9.01. The van der Waals surface area contributed by atoms with Crippen molar-refractivity contribution in [3.8, 4) is 5.75 Å². The molecule has 0 unspecified atom stereocenters. The molecule has 0 radical (unpaired) electrons. The summed E-state index contributed by atoms with van der Waals surface area (Å²) in [5, 5.41) is 0.891. The van der Waals surface area contributed by atoms with E-state index in [9.17, 15) is 4.79 Å². The van der Waals surface area contributed by atoms with Gasteiger partial charge in [-0.05, 0) is 31.2 Å². The number of piperazine rings is 1. The summed E-state index contributed by atoms with van der Waals surface area (Å²) >= 11 is 0. The summed E-state index contributed by atoms with van der Waals surface area (Å²) in [4.78, 5) is 17.0. The Hall–Kier alpha value is -2.95. The van der Waals surface area contributed by atoms with Crippen molar-refractivity contribution in [3.05, 3.63) is 60.4 Å². The number of nitrogens with zero attached hydrogens (tertiary/aromatic N) is 2. The van der Waals surface area contributed by atoms with E-state index in [1.165, 1.54) is 5.69 Å². The van der Waals surface area contributed by atoms with Crippen LogP contribution in [-0.2, 0) is 0 Å². The second kappa shape index (κ2) is 7.12. The number of para-hydroxylation sites is 2. The van der Waals surface area contributed by atoms with Crippen molar-refractivity contribution in [2.75, 3.05) is 37.7 Å². The third-order valence-corrected chi connectivity index (χ3v) is 4.71. The van der Waals surface area contributed by atoms with Gasteiger partial charge in [0.15, 0.2) is 17.1 Å². The van der Waals surface area contributed by atoms with Gasteiger partial charge in [-0.1, -0.05) is 30.3 Å². The van der Waals surface area contributed by atoms with Crippen molar-refractivity contribution < 1.29 is 13.9 Å². The van der Waals surface area contributed by atoms with Crippen LogP contribution < -0.4 is 9.64 Å². The maximum Gasteiger partial charge on any atom is 0.289 e. The Bertz CT molecular complexity index is 896. The van der Waals surface area contributed by atoms with Crippen molar-refractivity contribution in [3.63, 3.8) is 0 Å². The van der Waals surface area contributed by atoms with E-state index >= 15 is 0 Å². The molecule has 26 heavy (non-hydrogen) atoms. The van der Waals surface area contributed by atoms with E-state index in [4.69, 9.17) is 9.15 Å². The highest BCUT2D eigenvalue weighted by molar-refractivity contribution is 5.97. The minimum Gasteiger partial charge on any atom is -0.490 e. The Labute approximate surface area is 152 Å². The lowest BCUT2D eigenvalue weighted by atomic mass is 10.2. The molecule has 5 heteroatoms. The van der Waals surface area contributed by atoms with Gasteiger partial charge in [0, 0.05) is 37.3 Å². The van der Waals surface area contributed by atoms with E-state index in [0.29, 0.717) is 36.8 Å². The van der Waals surface area contributed by atoms with Gasteiger partial charge < -0.3 is 19.0 Å². The molecule has 1 fully saturated rings. The number of rotatable bonds is 4. The van der Waals surface area contributed by atoms with Crippen LogP contribution in [0.1, 0.15) is 17.5 Å². The van der Waals surface area contributed by atoms with Crippen LogP contribution >= 0.6 is 0 Å². The molecule has 0 saturated carbocycles. The van der Waals surface area contributed by atoms with E-state index in [0.717, 1.165) is 18.5 Å². The number of ether oxygens (including phenoxy) is 1. The van der Waals surface area contributed by atoms with Crippen molar-refractivity contribution in [2.45, 2.75) is 6.92 Å². The SMILES string of the molecule is CCOc1cccc2cc(C(=O)N3CCN(c4ccccc4)CC3)oc12. The van der Waals surface area contributed by atoms with Gasteiger partial charge in [-0.25, -0.2) is 0 Å². The van der Waals surface area contributed by atoms with Gasteiger partial charge in [0.2, 0.25) is 0 Å². The standard InChI is InChI=1S/C21H22N2O3/c1-2-25-18-10-6-7-16-15-19(26-20(16)18)21(24)23-13-11-22(12-14-23)17-8-4-3-5-9-17/h3-10,15H,2,11-14H2,1H3. The first kappa shape index (κ1) is 16.5. The lowest BCUT2D eigenvalue weighted by Gasteiger charge is -2.35. The minimum atomic E-state index is -0.0589. The molecule has 1 aliphatic rings. The van der Waals surface area contributed by atoms with Crippen LogP contribution in [0.4, 0.5) is 5.69 Å². The first-order valence-electron chi connectivity index (χ1n) is 9.01. The van der Waals surface area contributed by atoms with Gasteiger partial charge in [-0.15, -0.1) is 0 Å². The summed E-state index contributed by atoms with van der Waals surface area (Å²) in [5.41, 5.74) is 1.84. The number of anilines is 1. The van der Waals surface area contributed by atoms with Crippen LogP contribution in [0.3, 0.4) is 0 Å². The quantitative estimate of drug-likeness (QED) is 0.718. The second-order valence-electron chi connectivity index (χ2n) is 6.33. The summed E-state index contributed by atoms with van der Waals surface area (Å²) in [6.45, 7) is 5.50. The number of benzene rings is 2. The van der Waals surface area contributed by atoms with E-state index in [1.807, 2.05) is 54.3 Å². The second-order valence-corrected chi connectivity index (χ2v) is 6.33. The molecule has 1 amide bonds. The van der Waals surface area contributed by atoms with Gasteiger partial charge in [0.1, 0.15) is 0 Å². The highest BCUT2D eigenvalue weighted by atomic mass is 16.5. The Balaban J connectivity index is 1.48. The average molecular weight is 350 g/mol. The highest BCUT2D eigenvalue weighted by Gasteiger charge is 2.25. The fraction of sp³-hybridized carbons (Fsp3) is 0.286. The third kappa shape index (κ3) is 3.12. The fourth-order valence-corrected chi connectivity index (χ4v) is 3.37. The average Bonchev–Trinajstić information content (AvgIpc) is 3.14. The predicted molar refractivity (Wildman–Crippen MR) is 102 cm³/mol. The molecular formula is C21H22N2O3. The molecule has 3 aromatic rings. The van der Waals surface area contributed by atoms with Crippen LogP contribution in [0, 0.1) is 0 Å². The van der Waals surface area contributed by atoms with Crippen LogP contribution in [0.15, 0.2) is 59.0 Å². The molecule has 0 spiro atoms. The van der Waals surface area contributed by atoms with Crippen LogP contribution in [0.25, 0.3) is 11.0 Å². The molecule has 0 bridgehead atoms. The zero-order chi connectivity index (χ0) is 17.9. The number of hydrogen-bond acceptors (Lipinski definition) is 4. The minimum absolute atomic E-state index is 0.0589. The van der Waals surface area contributed by atoms with Crippen molar-refractivity contribution in [2.24, 2.45) is 0 Å². The molecular weight excluding hydrogens is 328 g/mol. The lowest BCUT2D eigenvalue weighted by Crippen LogP contribution is -2.48. The van der Waals surface area contributed by atoms with Gasteiger partial charge >= 0.3 is 0 Å². The monoisotopic (exact) mass is 350 g/mol.